The molecular weight excluding hydrogens is 122 g/mol. The van der Waals surface area contributed by atoms with Crippen LogP contribution in [0.25, 0.3) is 0 Å². The summed E-state index contributed by atoms with van der Waals surface area (Å²) in [5.74, 6) is 0. The van der Waals surface area contributed by atoms with E-state index in [0.29, 0.717) is 0 Å². The lowest BCUT2D eigenvalue weighted by Crippen LogP contribution is -2.01. The molecule has 0 saturated carbocycles. The zero-order valence-corrected chi connectivity index (χ0v) is 6.83. The highest BCUT2D eigenvalue weighted by molar-refractivity contribution is 5.67. The van der Waals surface area contributed by atoms with Gasteiger partial charge in [-0.3, -0.25) is 0 Å². The molecule has 10 heavy (non-hydrogen) atoms. The van der Waals surface area contributed by atoms with Crippen LogP contribution < -0.4 is 0 Å². The third-order valence-corrected chi connectivity index (χ3v) is 1.59. The smallest absolute Gasteiger partial charge is 0.168 e. The average Bonchev–Trinajstić information content (AvgIpc) is 1.94. The van der Waals surface area contributed by atoms with Crippen molar-refractivity contribution in [1.29, 1.82) is 0 Å². The van der Waals surface area contributed by atoms with Crippen molar-refractivity contribution in [3.8, 4) is 0 Å². The Labute approximate surface area is 62.4 Å². The van der Waals surface area contributed by atoms with E-state index in [4.69, 9.17) is 0 Å². The van der Waals surface area contributed by atoms with Gasteiger partial charge in [-0.05, 0) is 12.2 Å². The number of allylic oxidation sites excluding steroid dienone is 3. The third-order valence-electron chi connectivity index (χ3n) is 1.59. The van der Waals surface area contributed by atoms with Crippen LogP contribution in [0.3, 0.4) is 0 Å². The molecule has 0 aromatic carbocycles. The molecular formula is C9H14N+. The first-order valence-electron chi connectivity index (χ1n) is 3.54. The van der Waals surface area contributed by atoms with E-state index in [2.05, 4.69) is 38.3 Å². The Morgan fingerprint density at radius 1 is 1.20 bits per heavy atom. The maximum atomic E-state index is 2.19. The first-order chi connectivity index (χ1) is 4.60. The van der Waals surface area contributed by atoms with E-state index in [1.165, 1.54) is 0 Å². The molecule has 1 heterocycles. The molecule has 0 aliphatic carbocycles. The van der Waals surface area contributed by atoms with Crippen molar-refractivity contribution < 1.29 is 4.58 Å². The molecule has 0 N–H and O–H groups in total. The predicted molar refractivity (Wildman–Crippen MR) is 44.3 cm³/mol. The highest BCUT2D eigenvalue weighted by atomic mass is 14.9. The lowest BCUT2D eigenvalue weighted by molar-refractivity contribution is -0.416. The topological polar surface area (TPSA) is 3.01 Å². The van der Waals surface area contributed by atoms with Crippen molar-refractivity contribution in [1.82, 2.24) is 0 Å². The van der Waals surface area contributed by atoms with E-state index in [1.54, 1.807) is 0 Å². The molecule has 0 atom stereocenters. The fourth-order valence-corrected chi connectivity index (χ4v) is 0.842. The number of nitrogens with zero attached hydrogens (tertiary/aromatic N) is 1. The minimum Gasteiger partial charge on any atom is -0.208 e. The quantitative estimate of drug-likeness (QED) is 0.447. The summed E-state index contributed by atoms with van der Waals surface area (Å²) in [4.78, 5) is 0. The predicted octanol–water partition coefficient (Wildman–Crippen LogP) is 1.81. The molecule has 0 saturated heterocycles. The minimum atomic E-state index is 0.210. The molecule has 1 nitrogen and oxygen atoms in total. The molecule has 0 aromatic rings. The van der Waals surface area contributed by atoms with Gasteiger partial charge in [0.25, 0.3) is 0 Å². The standard InChI is InChI=1S/C9H14N/c1-9(2)5-4-7-10(3)8-6-9/h4-8H,1-3H3/q+1. The van der Waals surface area contributed by atoms with Gasteiger partial charge in [-0.1, -0.05) is 19.9 Å². The zero-order chi connectivity index (χ0) is 7.61. The van der Waals surface area contributed by atoms with Gasteiger partial charge in [-0.15, -0.1) is 0 Å². The molecule has 1 aliphatic heterocycles. The van der Waals surface area contributed by atoms with Crippen LogP contribution in [0.15, 0.2) is 24.4 Å². The van der Waals surface area contributed by atoms with Crippen LogP contribution >= 0.6 is 0 Å². The summed E-state index contributed by atoms with van der Waals surface area (Å²) in [6, 6.07) is 0. The monoisotopic (exact) mass is 136 g/mol. The highest BCUT2D eigenvalue weighted by Gasteiger charge is 2.11. The van der Waals surface area contributed by atoms with E-state index >= 15 is 0 Å². The molecule has 0 fully saturated rings. The van der Waals surface area contributed by atoms with E-state index in [1.807, 2.05) is 17.8 Å². The summed E-state index contributed by atoms with van der Waals surface area (Å²) in [6.45, 7) is 4.38. The zero-order valence-electron chi connectivity index (χ0n) is 6.83. The van der Waals surface area contributed by atoms with Gasteiger partial charge in [-0.25, -0.2) is 4.58 Å². The lowest BCUT2D eigenvalue weighted by Gasteiger charge is -2.10. The van der Waals surface area contributed by atoms with Crippen LogP contribution in [0, 0.1) is 5.41 Å². The van der Waals surface area contributed by atoms with Gasteiger partial charge in [0, 0.05) is 5.41 Å². The molecule has 1 aliphatic rings. The maximum Gasteiger partial charge on any atom is 0.168 e. The number of rotatable bonds is 0. The normalized spacial score (nSPS) is 22.1. The molecule has 0 aromatic heterocycles. The van der Waals surface area contributed by atoms with Crippen LogP contribution in [-0.2, 0) is 0 Å². The van der Waals surface area contributed by atoms with Gasteiger partial charge in [0.15, 0.2) is 12.4 Å². The van der Waals surface area contributed by atoms with Crippen LogP contribution in [-0.4, -0.2) is 17.8 Å². The first-order valence-corrected chi connectivity index (χ1v) is 3.54. The summed E-state index contributed by atoms with van der Waals surface area (Å²) < 4.78 is 2.05. The second-order valence-corrected chi connectivity index (χ2v) is 3.31. The Morgan fingerprint density at radius 3 is 2.60 bits per heavy atom. The largest absolute Gasteiger partial charge is 0.208 e. The van der Waals surface area contributed by atoms with E-state index in [9.17, 15) is 0 Å². The van der Waals surface area contributed by atoms with Gasteiger partial charge in [0.05, 0.1) is 0 Å². The van der Waals surface area contributed by atoms with Gasteiger partial charge in [-0.2, -0.15) is 0 Å². The van der Waals surface area contributed by atoms with Gasteiger partial charge < -0.3 is 0 Å². The summed E-state index contributed by atoms with van der Waals surface area (Å²) >= 11 is 0. The van der Waals surface area contributed by atoms with Crippen molar-refractivity contribution in [2.45, 2.75) is 13.8 Å². The maximum absolute atomic E-state index is 2.19. The van der Waals surface area contributed by atoms with Crippen LogP contribution in [0.1, 0.15) is 13.8 Å². The fourth-order valence-electron chi connectivity index (χ4n) is 0.842. The van der Waals surface area contributed by atoms with Gasteiger partial charge in [0.1, 0.15) is 7.05 Å². The first kappa shape index (κ1) is 7.26. The summed E-state index contributed by atoms with van der Waals surface area (Å²) in [6.07, 6.45) is 10.6. The van der Waals surface area contributed by atoms with Crippen LogP contribution in [0.4, 0.5) is 0 Å². The summed E-state index contributed by atoms with van der Waals surface area (Å²) in [7, 11) is 2.03. The third kappa shape index (κ3) is 1.83. The molecule has 1 heteroatoms. The van der Waals surface area contributed by atoms with Crippen molar-refractivity contribution in [2.24, 2.45) is 5.41 Å². The second kappa shape index (κ2) is 2.41. The van der Waals surface area contributed by atoms with Gasteiger partial charge >= 0.3 is 0 Å². The molecule has 0 unspecified atom stereocenters. The molecule has 0 radical (unpaired) electrons. The Bertz CT molecular complexity index is 207. The molecule has 1 rings (SSSR count). The van der Waals surface area contributed by atoms with Gasteiger partial charge in [0.2, 0.25) is 0 Å². The molecule has 0 spiro atoms. The average molecular weight is 136 g/mol. The second-order valence-electron chi connectivity index (χ2n) is 3.31. The van der Waals surface area contributed by atoms with Crippen molar-refractivity contribution >= 4 is 6.21 Å². The summed E-state index contributed by atoms with van der Waals surface area (Å²) in [5.41, 5.74) is 0.210. The van der Waals surface area contributed by atoms with Crippen molar-refractivity contribution in [2.75, 3.05) is 7.05 Å². The highest BCUT2D eigenvalue weighted by Crippen LogP contribution is 2.19. The molecule has 54 valence electrons. The lowest BCUT2D eigenvalue weighted by atomic mass is 9.93. The van der Waals surface area contributed by atoms with Crippen LogP contribution in [0.2, 0.25) is 0 Å². The Kier molecular flexibility index (Phi) is 1.75. The van der Waals surface area contributed by atoms with E-state index in [0.717, 1.165) is 0 Å². The Morgan fingerprint density at radius 2 is 1.90 bits per heavy atom. The fraction of sp³-hybridized carbons (Fsp3) is 0.444. The number of hydrogen-bond donors (Lipinski definition) is 0. The Hall–Kier alpha value is -0.850. The minimum absolute atomic E-state index is 0.210. The summed E-state index contributed by atoms with van der Waals surface area (Å²) in [5, 5.41) is 0. The molecule has 0 bridgehead atoms. The molecule has 0 amide bonds. The SMILES string of the molecule is C[N+]1=CC=CC(C)(C)C=C1. The number of hydrogen-bond acceptors (Lipinski definition) is 0. The van der Waals surface area contributed by atoms with Crippen LogP contribution in [0.5, 0.6) is 0 Å². The van der Waals surface area contributed by atoms with Crippen molar-refractivity contribution in [3.05, 3.63) is 24.4 Å². The van der Waals surface area contributed by atoms with E-state index < -0.39 is 0 Å². The Balaban J connectivity index is 2.88. The van der Waals surface area contributed by atoms with E-state index in [-0.39, 0.29) is 5.41 Å². The van der Waals surface area contributed by atoms with Crippen molar-refractivity contribution in [3.63, 3.8) is 0 Å².